The molecule has 0 amide bonds. The number of halogens is 1. The van der Waals surface area contributed by atoms with Gasteiger partial charge in [-0.05, 0) is 23.6 Å². The molecule has 0 aliphatic carbocycles. The van der Waals surface area contributed by atoms with Gasteiger partial charge in [0.25, 0.3) is 0 Å². The Labute approximate surface area is 128 Å². The van der Waals surface area contributed by atoms with Crippen LogP contribution in [0.3, 0.4) is 0 Å². The van der Waals surface area contributed by atoms with Crippen LogP contribution in [0, 0.1) is 0 Å². The maximum absolute atomic E-state index is 5.37. The number of nitrogens with zero attached hydrogens (tertiary/aromatic N) is 1. The Morgan fingerprint density at radius 3 is 2.95 bits per heavy atom. The van der Waals surface area contributed by atoms with Crippen molar-refractivity contribution in [2.24, 2.45) is 0 Å². The van der Waals surface area contributed by atoms with Gasteiger partial charge >= 0.3 is 0 Å². The molecule has 5 heteroatoms. The number of alkyl halides is 1. The molecule has 0 saturated heterocycles. The molecule has 19 heavy (non-hydrogen) atoms. The number of rotatable bonds is 4. The van der Waals surface area contributed by atoms with Crippen LogP contribution in [0.2, 0.25) is 0 Å². The van der Waals surface area contributed by atoms with Gasteiger partial charge in [-0.2, -0.15) is 0 Å². The molecule has 2 nitrogen and oxygen atoms in total. The number of aromatic nitrogens is 1. The second kappa shape index (κ2) is 5.61. The lowest BCUT2D eigenvalue weighted by Gasteiger charge is -2.08. The predicted molar refractivity (Wildman–Crippen MR) is 85.9 cm³/mol. The highest BCUT2D eigenvalue weighted by atomic mass is 79.9. The van der Waals surface area contributed by atoms with E-state index in [1.807, 2.05) is 12.1 Å². The maximum atomic E-state index is 5.37. The van der Waals surface area contributed by atoms with E-state index in [0.29, 0.717) is 0 Å². The number of para-hydroxylation sites is 1. The van der Waals surface area contributed by atoms with Crippen molar-refractivity contribution in [3.05, 3.63) is 45.6 Å². The second-order valence-electron chi connectivity index (χ2n) is 4.10. The van der Waals surface area contributed by atoms with Crippen LogP contribution < -0.4 is 4.74 Å². The maximum Gasteiger partial charge on any atom is 0.133 e. The topological polar surface area (TPSA) is 22.1 Å². The van der Waals surface area contributed by atoms with E-state index < -0.39 is 0 Å². The summed E-state index contributed by atoms with van der Waals surface area (Å²) in [6.07, 6.45) is 0.885. The van der Waals surface area contributed by atoms with E-state index in [2.05, 4.69) is 44.5 Å². The highest BCUT2D eigenvalue weighted by Crippen LogP contribution is 2.38. The number of ether oxygens (including phenoxy) is 1. The van der Waals surface area contributed by atoms with Crippen LogP contribution in [0.4, 0.5) is 0 Å². The standard InChI is InChI=1S/C14H12BrNOS2/c1-17-11-6-7-18-14(11)9(15)8-13-16-10-4-2-3-5-12(10)19-13/h2-7,9H,8H2,1H3. The predicted octanol–water partition coefficient (Wildman–Crippen LogP) is 5.05. The second-order valence-corrected chi connectivity index (χ2v) is 7.27. The summed E-state index contributed by atoms with van der Waals surface area (Å²) in [5.41, 5.74) is 1.08. The Bertz CT molecular complexity index is 658. The molecule has 0 aliphatic heterocycles. The van der Waals surface area contributed by atoms with Gasteiger partial charge < -0.3 is 4.74 Å². The van der Waals surface area contributed by atoms with Crippen molar-refractivity contribution in [2.75, 3.05) is 7.11 Å². The fraction of sp³-hybridized carbons (Fsp3) is 0.214. The molecule has 1 unspecified atom stereocenters. The van der Waals surface area contributed by atoms with E-state index in [4.69, 9.17) is 4.74 Å². The average Bonchev–Trinajstić information content (AvgIpc) is 3.03. The fourth-order valence-corrected chi connectivity index (χ4v) is 4.88. The third-order valence-corrected chi connectivity index (χ3v) is 6.01. The van der Waals surface area contributed by atoms with E-state index in [1.165, 1.54) is 9.58 Å². The number of benzene rings is 1. The first-order valence-electron chi connectivity index (χ1n) is 5.88. The van der Waals surface area contributed by atoms with Gasteiger partial charge in [0.2, 0.25) is 0 Å². The summed E-state index contributed by atoms with van der Waals surface area (Å²) >= 11 is 7.22. The molecule has 0 N–H and O–H groups in total. The van der Waals surface area contributed by atoms with Crippen molar-refractivity contribution < 1.29 is 4.74 Å². The van der Waals surface area contributed by atoms with Crippen molar-refractivity contribution in [3.63, 3.8) is 0 Å². The van der Waals surface area contributed by atoms with E-state index in [-0.39, 0.29) is 4.83 Å². The van der Waals surface area contributed by atoms with Crippen LogP contribution in [-0.4, -0.2) is 12.1 Å². The van der Waals surface area contributed by atoms with Gasteiger partial charge in [0.1, 0.15) is 5.75 Å². The zero-order valence-corrected chi connectivity index (χ0v) is 13.5. The first kappa shape index (κ1) is 13.1. The van der Waals surface area contributed by atoms with Crippen LogP contribution in [0.5, 0.6) is 5.75 Å². The summed E-state index contributed by atoms with van der Waals surface area (Å²) in [7, 11) is 1.71. The minimum absolute atomic E-state index is 0.253. The number of thiazole rings is 1. The third kappa shape index (κ3) is 2.68. The largest absolute Gasteiger partial charge is 0.496 e. The molecule has 0 fully saturated rings. The molecular weight excluding hydrogens is 342 g/mol. The van der Waals surface area contributed by atoms with Crippen LogP contribution in [-0.2, 0) is 6.42 Å². The van der Waals surface area contributed by atoms with Gasteiger partial charge in [-0.1, -0.05) is 28.1 Å². The number of methoxy groups -OCH3 is 1. The summed E-state index contributed by atoms with van der Waals surface area (Å²) in [6, 6.07) is 10.3. The molecule has 0 bridgehead atoms. The van der Waals surface area contributed by atoms with Gasteiger partial charge in [0.15, 0.2) is 0 Å². The smallest absolute Gasteiger partial charge is 0.133 e. The summed E-state index contributed by atoms with van der Waals surface area (Å²) in [6.45, 7) is 0. The van der Waals surface area contributed by atoms with Gasteiger partial charge in [-0.25, -0.2) is 4.98 Å². The highest BCUT2D eigenvalue weighted by molar-refractivity contribution is 9.09. The van der Waals surface area contributed by atoms with Crippen LogP contribution in [0.1, 0.15) is 14.7 Å². The number of hydrogen-bond acceptors (Lipinski definition) is 4. The monoisotopic (exact) mass is 353 g/mol. The minimum atomic E-state index is 0.253. The summed E-state index contributed by atoms with van der Waals surface area (Å²) < 4.78 is 6.61. The molecule has 2 aromatic heterocycles. The van der Waals surface area contributed by atoms with Crippen molar-refractivity contribution >= 4 is 48.8 Å². The summed E-state index contributed by atoms with van der Waals surface area (Å²) in [5, 5.41) is 3.21. The molecule has 98 valence electrons. The summed E-state index contributed by atoms with van der Waals surface area (Å²) in [5.74, 6) is 0.952. The Morgan fingerprint density at radius 2 is 2.16 bits per heavy atom. The van der Waals surface area contributed by atoms with E-state index in [9.17, 15) is 0 Å². The molecule has 0 aliphatic rings. The Balaban J connectivity index is 1.84. The van der Waals surface area contributed by atoms with Crippen molar-refractivity contribution in [2.45, 2.75) is 11.2 Å². The lowest BCUT2D eigenvalue weighted by atomic mass is 10.2. The minimum Gasteiger partial charge on any atom is -0.496 e. The molecule has 1 aromatic carbocycles. The molecule has 2 heterocycles. The lowest BCUT2D eigenvalue weighted by molar-refractivity contribution is 0.412. The Kier molecular flexibility index (Phi) is 3.86. The molecule has 3 aromatic rings. The quantitative estimate of drug-likeness (QED) is 0.612. The number of thiophene rings is 1. The third-order valence-electron chi connectivity index (χ3n) is 2.85. The van der Waals surface area contributed by atoms with Gasteiger partial charge in [-0.3, -0.25) is 0 Å². The number of fused-ring (bicyclic) bond motifs is 1. The summed E-state index contributed by atoms with van der Waals surface area (Å²) in [4.78, 5) is 6.15. The first-order chi connectivity index (χ1) is 9.28. The van der Waals surface area contributed by atoms with Crippen LogP contribution in [0.25, 0.3) is 10.2 Å². The van der Waals surface area contributed by atoms with Crippen molar-refractivity contribution in [3.8, 4) is 5.75 Å². The lowest BCUT2D eigenvalue weighted by Crippen LogP contribution is -1.94. The van der Waals surface area contributed by atoms with Gasteiger partial charge in [0, 0.05) is 6.42 Å². The molecule has 0 saturated carbocycles. The zero-order valence-electron chi connectivity index (χ0n) is 10.3. The molecule has 0 radical (unpaired) electrons. The van der Waals surface area contributed by atoms with Gasteiger partial charge in [-0.15, -0.1) is 22.7 Å². The van der Waals surface area contributed by atoms with E-state index in [1.54, 1.807) is 29.8 Å². The molecular formula is C14H12BrNOS2. The first-order valence-corrected chi connectivity index (χ1v) is 8.49. The Hall–Kier alpha value is -0.910. The van der Waals surface area contributed by atoms with Crippen molar-refractivity contribution in [1.82, 2.24) is 4.98 Å². The van der Waals surface area contributed by atoms with Crippen LogP contribution in [0.15, 0.2) is 35.7 Å². The Morgan fingerprint density at radius 1 is 1.32 bits per heavy atom. The highest BCUT2D eigenvalue weighted by Gasteiger charge is 2.17. The SMILES string of the molecule is COc1ccsc1C(Br)Cc1nc2ccccc2s1. The molecule has 0 spiro atoms. The number of hydrogen-bond donors (Lipinski definition) is 0. The van der Waals surface area contributed by atoms with E-state index in [0.717, 1.165) is 22.7 Å². The van der Waals surface area contributed by atoms with Crippen LogP contribution >= 0.6 is 38.6 Å². The van der Waals surface area contributed by atoms with E-state index >= 15 is 0 Å². The van der Waals surface area contributed by atoms with Crippen molar-refractivity contribution in [1.29, 1.82) is 0 Å². The molecule has 1 atom stereocenters. The molecule has 3 rings (SSSR count). The van der Waals surface area contributed by atoms with Gasteiger partial charge in [0.05, 0.1) is 32.0 Å². The fourth-order valence-electron chi connectivity index (χ4n) is 1.96. The zero-order chi connectivity index (χ0) is 13.2. The normalized spacial score (nSPS) is 12.7. The average molecular weight is 354 g/mol.